The minimum absolute atomic E-state index is 0.339. The first-order valence-corrected chi connectivity index (χ1v) is 7.34. The van der Waals surface area contributed by atoms with Crippen molar-refractivity contribution >= 4 is 15.9 Å². The lowest BCUT2D eigenvalue weighted by molar-refractivity contribution is 0.129. The summed E-state index contributed by atoms with van der Waals surface area (Å²) in [7, 11) is 1.72. The first kappa shape index (κ1) is 13.7. The van der Waals surface area contributed by atoms with Gasteiger partial charge in [0.15, 0.2) is 0 Å². The van der Waals surface area contributed by atoms with Crippen molar-refractivity contribution in [1.29, 1.82) is 0 Å². The molecule has 0 amide bonds. The van der Waals surface area contributed by atoms with Crippen molar-refractivity contribution in [3.05, 3.63) is 34.3 Å². The third-order valence-corrected chi connectivity index (χ3v) is 4.42. The minimum atomic E-state index is -0.339. The number of aromatic nitrogens is 3. The van der Waals surface area contributed by atoms with Crippen LogP contribution in [0.25, 0.3) is 11.4 Å². The van der Waals surface area contributed by atoms with Gasteiger partial charge in [0.1, 0.15) is 11.5 Å². The van der Waals surface area contributed by atoms with Crippen molar-refractivity contribution in [3.63, 3.8) is 0 Å². The molecule has 3 rings (SSSR count). The molecule has 0 N–H and O–H groups in total. The van der Waals surface area contributed by atoms with Gasteiger partial charge in [-0.15, -0.1) is 0 Å². The van der Waals surface area contributed by atoms with E-state index in [0.717, 1.165) is 36.2 Å². The first-order chi connectivity index (χ1) is 9.69. The van der Waals surface area contributed by atoms with Crippen LogP contribution in [0, 0.1) is 11.7 Å². The van der Waals surface area contributed by atoms with E-state index in [0.29, 0.717) is 11.6 Å². The largest absolute Gasteiger partial charge is 0.384 e. The smallest absolute Gasteiger partial charge is 0.141 e. The second-order valence-corrected chi connectivity index (χ2v) is 5.81. The maximum atomic E-state index is 13.0. The number of hydrogen-bond donors (Lipinski definition) is 0. The summed E-state index contributed by atoms with van der Waals surface area (Å²) in [6, 6.07) is 3.06. The van der Waals surface area contributed by atoms with E-state index in [1.54, 1.807) is 13.2 Å². The molecule has 0 bridgehead atoms. The van der Waals surface area contributed by atoms with Gasteiger partial charge < -0.3 is 4.74 Å². The lowest BCUT2D eigenvalue weighted by atomic mass is 9.99. The zero-order valence-corrected chi connectivity index (χ0v) is 12.7. The van der Waals surface area contributed by atoms with E-state index in [1.807, 2.05) is 4.68 Å². The van der Waals surface area contributed by atoms with Gasteiger partial charge in [0.2, 0.25) is 0 Å². The van der Waals surface area contributed by atoms with Crippen molar-refractivity contribution in [2.75, 3.05) is 13.7 Å². The summed E-state index contributed by atoms with van der Waals surface area (Å²) in [6.45, 7) is 1.60. The molecule has 0 radical (unpaired) electrons. The molecule has 0 saturated heterocycles. The van der Waals surface area contributed by atoms with Crippen LogP contribution >= 0.6 is 15.9 Å². The van der Waals surface area contributed by atoms with Gasteiger partial charge in [0.05, 0.1) is 28.7 Å². The van der Waals surface area contributed by atoms with Crippen LogP contribution in [0.15, 0.2) is 22.8 Å². The zero-order valence-electron chi connectivity index (χ0n) is 11.1. The summed E-state index contributed by atoms with van der Waals surface area (Å²) in [4.78, 5) is 4.10. The second kappa shape index (κ2) is 5.61. The highest BCUT2D eigenvalue weighted by Gasteiger charge is 2.25. The Labute approximate surface area is 125 Å². The van der Waals surface area contributed by atoms with Crippen molar-refractivity contribution in [1.82, 2.24) is 14.8 Å². The summed E-state index contributed by atoms with van der Waals surface area (Å²) >= 11 is 3.60. The molecule has 0 aromatic carbocycles. The molecule has 0 saturated carbocycles. The molecule has 6 heteroatoms. The van der Waals surface area contributed by atoms with Gasteiger partial charge in [-0.3, -0.25) is 9.67 Å². The molecule has 0 fully saturated rings. The van der Waals surface area contributed by atoms with Gasteiger partial charge in [0.25, 0.3) is 0 Å². The average molecular weight is 340 g/mol. The molecule has 1 aliphatic heterocycles. The molecular formula is C14H15BrFN3O. The van der Waals surface area contributed by atoms with E-state index in [9.17, 15) is 4.39 Å². The van der Waals surface area contributed by atoms with E-state index in [-0.39, 0.29) is 5.82 Å². The highest BCUT2D eigenvalue weighted by atomic mass is 79.9. The Balaban J connectivity index is 1.93. The third kappa shape index (κ3) is 2.50. The summed E-state index contributed by atoms with van der Waals surface area (Å²) in [6.07, 6.45) is 3.27. The third-order valence-electron chi connectivity index (χ3n) is 3.59. The van der Waals surface area contributed by atoms with Crippen molar-refractivity contribution < 1.29 is 9.13 Å². The number of halogens is 2. The fourth-order valence-electron chi connectivity index (χ4n) is 2.59. The van der Waals surface area contributed by atoms with E-state index in [4.69, 9.17) is 4.74 Å². The number of nitrogens with zero attached hydrogens (tertiary/aromatic N) is 3. The van der Waals surface area contributed by atoms with Crippen molar-refractivity contribution in [3.8, 4) is 11.4 Å². The molecule has 2 aromatic heterocycles. The maximum Gasteiger partial charge on any atom is 0.141 e. The number of ether oxygens (including phenoxy) is 1. The molecule has 3 heterocycles. The van der Waals surface area contributed by atoms with Gasteiger partial charge >= 0.3 is 0 Å². The van der Waals surface area contributed by atoms with Gasteiger partial charge in [0, 0.05) is 19.6 Å². The monoisotopic (exact) mass is 339 g/mol. The molecule has 2 aromatic rings. The molecule has 1 unspecified atom stereocenters. The summed E-state index contributed by atoms with van der Waals surface area (Å²) < 4.78 is 21.2. The Morgan fingerprint density at radius 2 is 2.35 bits per heavy atom. The lowest BCUT2D eigenvalue weighted by Crippen LogP contribution is -2.24. The van der Waals surface area contributed by atoms with Crippen LogP contribution in [-0.2, 0) is 17.7 Å². The predicted molar refractivity (Wildman–Crippen MR) is 76.8 cm³/mol. The zero-order chi connectivity index (χ0) is 14.1. The van der Waals surface area contributed by atoms with Gasteiger partial charge in [-0.25, -0.2) is 4.39 Å². The summed E-state index contributed by atoms with van der Waals surface area (Å²) in [5.74, 6) is 0.155. The molecular weight excluding hydrogens is 325 g/mol. The molecule has 20 heavy (non-hydrogen) atoms. The van der Waals surface area contributed by atoms with Gasteiger partial charge in [-0.05, 0) is 40.9 Å². The van der Waals surface area contributed by atoms with Crippen molar-refractivity contribution in [2.45, 2.75) is 19.4 Å². The highest BCUT2D eigenvalue weighted by molar-refractivity contribution is 9.10. The Morgan fingerprint density at radius 3 is 3.05 bits per heavy atom. The predicted octanol–water partition coefficient (Wildman–Crippen LogP) is 3.06. The highest BCUT2D eigenvalue weighted by Crippen LogP contribution is 2.33. The Hall–Kier alpha value is -1.27. The van der Waals surface area contributed by atoms with E-state index in [1.165, 1.54) is 18.0 Å². The topological polar surface area (TPSA) is 39.9 Å². The standard InChI is InChI=1S/C14H15BrFN3O/c1-20-8-9-2-5-12-13(15)14(18-19(12)7-9)11-4-3-10(16)6-17-11/h3-4,6,9H,2,5,7-8H2,1H3. The van der Waals surface area contributed by atoms with E-state index < -0.39 is 0 Å². The first-order valence-electron chi connectivity index (χ1n) is 6.55. The van der Waals surface area contributed by atoms with Gasteiger partial charge in [-0.2, -0.15) is 5.10 Å². The minimum Gasteiger partial charge on any atom is -0.384 e. The van der Waals surface area contributed by atoms with E-state index >= 15 is 0 Å². The number of methoxy groups -OCH3 is 1. The van der Waals surface area contributed by atoms with Crippen molar-refractivity contribution in [2.24, 2.45) is 5.92 Å². The molecule has 106 valence electrons. The fraction of sp³-hybridized carbons (Fsp3) is 0.429. The number of rotatable bonds is 3. The number of hydrogen-bond acceptors (Lipinski definition) is 3. The normalized spacial score (nSPS) is 18.1. The molecule has 1 atom stereocenters. The number of pyridine rings is 1. The van der Waals surface area contributed by atoms with Crippen LogP contribution in [0.1, 0.15) is 12.1 Å². The molecule has 0 spiro atoms. The van der Waals surface area contributed by atoms with Crippen LogP contribution in [0.3, 0.4) is 0 Å². The lowest BCUT2D eigenvalue weighted by Gasteiger charge is -2.22. The average Bonchev–Trinajstić information content (AvgIpc) is 2.77. The van der Waals surface area contributed by atoms with Crippen LogP contribution < -0.4 is 0 Å². The second-order valence-electron chi connectivity index (χ2n) is 5.01. The van der Waals surface area contributed by atoms with Gasteiger partial charge in [-0.1, -0.05) is 0 Å². The SMILES string of the molecule is COCC1CCc2c(Br)c(-c3ccc(F)cn3)nn2C1. The Bertz CT molecular complexity index is 612. The van der Waals surface area contributed by atoms with Crippen LogP contribution in [0.5, 0.6) is 0 Å². The maximum absolute atomic E-state index is 13.0. The van der Waals surface area contributed by atoms with E-state index in [2.05, 4.69) is 26.0 Å². The van der Waals surface area contributed by atoms with Crippen LogP contribution in [0.2, 0.25) is 0 Å². The Morgan fingerprint density at radius 1 is 1.50 bits per heavy atom. The molecule has 1 aliphatic rings. The molecule has 0 aliphatic carbocycles. The van der Waals surface area contributed by atoms with Crippen LogP contribution in [-0.4, -0.2) is 28.5 Å². The fourth-order valence-corrected chi connectivity index (χ4v) is 3.28. The Kier molecular flexibility index (Phi) is 3.85. The summed E-state index contributed by atoms with van der Waals surface area (Å²) in [5.41, 5.74) is 2.64. The quantitative estimate of drug-likeness (QED) is 0.862. The molecule has 4 nitrogen and oxygen atoms in total. The number of fused-ring (bicyclic) bond motifs is 1. The summed E-state index contributed by atoms with van der Waals surface area (Å²) in [5, 5.41) is 4.61. The van der Waals surface area contributed by atoms with Crippen LogP contribution in [0.4, 0.5) is 4.39 Å².